The predicted octanol–water partition coefficient (Wildman–Crippen LogP) is 2.20. The summed E-state index contributed by atoms with van der Waals surface area (Å²) in [5, 5.41) is 8.89. The number of anilines is 1. The van der Waals surface area contributed by atoms with Gasteiger partial charge in [0.2, 0.25) is 0 Å². The number of carboxylic acids is 1. The molecule has 0 unspecified atom stereocenters. The molecule has 1 aromatic carbocycles. The highest BCUT2D eigenvalue weighted by Crippen LogP contribution is 2.18. The molecule has 6 nitrogen and oxygen atoms in total. The van der Waals surface area contributed by atoms with Crippen molar-refractivity contribution in [1.82, 2.24) is 4.98 Å². The van der Waals surface area contributed by atoms with E-state index in [1.165, 1.54) is 30.5 Å². The standard InChI is InChI=1S/C14H14N2O4S/c1-9-5-10(2)7-12(6-9)21(19,20)16-13-8-11(14(17)18)3-4-15-13/h3-8H,1-2H3,(H,15,16)(H,17,18). The van der Waals surface area contributed by atoms with Gasteiger partial charge in [0, 0.05) is 6.20 Å². The number of benzene rings is 1. The second kappa shape index (κ2) is 5.53. The molecule has 21 heavy (non-hydrogen) atoms. The molecule has 0 aliphatic rings. The van der Waals surface area contributed by atoms with Gasteiger partial charge in [-0.3, -0.25) is 4.72 Å². The lowest BCUT2D eigenvalue weighted by atomic mass is 10.2. The molecule has 0 amide bonds. The number of nitrogens with zero attached hydrogens (tertiary/aromatic N) is 1. The van der Waals surface area contributed by atoms with E-state index in [-0.39, 0.29) is 16.3 Å². The minimum Gasteiger partial charge on any atom is -0.478 e. The molecule has 2 aromatic rings. The summed E-state index contributed by atoms with van der Waals surface area (Å²) >= 11 is 0. The number of hydrogen-bond donors (Lipinski definition) is 2. The molecule has 0 fully saturated rings. The van der Waals surface area contributed by atoms with Gasteiger partial charge in [0.25, 0.3) is 10.0 Å². The summed E-state index contributed by atoms with van der Waals surface area (Å²) in [6.45, 7) is 3.60. The molecule has 0 radical (unpaired) electrons. The summed E-state index contributed by atoms with van der Waals surface area (Å²) < 4.78 is 26.9. The van der Waals surface area contributed by atoms with Crippen LogP contribution in [0.5, 0.6) is 0 Å². The van der Waals surface area contributed by atoms with Crippen molar-refractivity contribution in [3.8, 4) is 0 Å². The lowest BCUT2D eigenvalue weighted by molar-refractivity contribution is 0.0697. The lowest BCUT2D eigenvalue weighted by Gasteiger charge is -2.09. The molecule has 0 aliphatic carbocycles. The maximum atomic E-state index is 12.3. The van der Waals surface area contributed by atoms with E-state index in [0.29, 0.717) is 0 Å². The van der Waals surface area contributed by atoms with Gasteiger partial charge in [0.1, 0.15) is 5.82 Å². The number of carboxylic acid groups (broad SMARTS) is 1. The molecule has 0 atom stereocenters. The van der Waals surface area contributed by atoms with Crippen molar-refractivity contribution in [1.29, 1.82) is 0 Å². The third-order valence-electron chi connectivity index (χ3n) is 2.75. The van der Waals surface area contributed by atoms with E-state index in [9.17, 15) is 13.2 Å². The van der Waals surface area contributed by atoms with Crippen molar-refractivity contribution in [3.05, 3.63) is 53.2 Å². The van der Waals surface area contributed by atoms with Gasteiger partial charge in [0.15, 0.2) is 0 Å². The van der Waals surface area contributed by atoms with Crippen molar-refractivity contribution >= 4 is 21.8 Å². The average molecular weight is 306 g/mol. The number of rotatable bonds is 4. The summed E-state index contributed by atoms with van der Waals surface area (Å²) in [5.74, 6) is -1.18. The van der Waals surface area contributed by atoms with E-state index >= 15 is 0 Å². The van der Waals surface area contributed by atoms with Gasteiger partial charge in [-0.1, -0.05) is 6.07 Å². The molecule has 0 aliphatic heterocycles. The fraction of sp³-hybridized carbons (Fsp3) is 0.143. The summed E-state index contributed by atoms with van der Waals surface area (Å²) in [6, 6.07) is 7.40. The summed E-state index contributed by atoms with van der Waals surface area (Å²) in [7, 11) is -3.81. The molecule has 0 saturated heterocycles. The molecule has 2 rings (SSSR count). The predicted molar refractivity (Wildman–Crippen MR) is 77.9 cm³/mol. The Morgan fingerprint density at radius 3 is 2.33 bits per heavy atom. The van der Waals surface area contributed by atoms with Crippen LogP contribution in [0, 0.1) is 13.8 Å². The van der Waals surface area contributed by atoms with Crippen LogP contribution in [0.15, 0.2) is 41.4 Å². The smallest absolute Gasteiger partial charge is 0.335 e. The van der Waals surface area contributed by atoms with Crippen molar-refractivity contribution in [2.75, 3.05) is 4.72 Å². The Kier molecular flexibility index (Phi) is 3.95. The largest absolute Gasteiger partial charge is 0.478 e. The van der Waals surface area contributed by atoms with Crippen LogP contribution >= 0.6 is 0 Å². The van der Waals surface area contributed by atoms with Gasteiger partial charge < -0.3 is 5.11 Å². The second-order valence-electron chi connectivity index (χ2n) is 4.66. The van der Waals surface area contributed by atoms with Crippen LogP contribution in [0.25, 0.3) is 0 Å². The van der Waals surface area contributed by atoms with Gasteiger partial charge in [-0.15, -0.1) is 0 Å². The number of aromatic nitrogens is 1. The van der Waals surface area contributed by atoms with Gasteiger partial charge in [0.05, 0.1) is 10.5 Å². The Hall–Kier alpha value is -2.41. The van der Waals surface area contributed by atoms with Crippen molar-refractivity contribution in [2.24, 2.45) is 0 Å². The topological polar surface area (TPSA) is 96.4 Å². The van der Waals surface area contributed by atoms with Crippen LogP contribution in [-0.4, -0.2) is 24.5 Å². The Morgan fingerprint density at radius 2 is 1.76 bits per heavy atom. The minimum absolute atomic E-state index is 0.0333. The average Bonchev–Trinajstić information content (AvgIpc) is 2.37. The number of aryl methyl sites for hydroxylation is 2. The normalized spacial score (nSPS) is 11.1. The highest BCUT2D eigenvalue weighted by Gasteiger charge is 2.16. The van der Waals surface area contributed by atoms with E-state index in [1.807, 2.05) is 6.07 Å². The van der Waals surface area contributed by atoms with Crippen molar-refractivity contribution in [2.45, 2.75) is 18.7 Å². The third kappa shape index (κ3) is 3.57. The van der Waals surface area contributed by atoms with E-state index < -0.39 is 16.0 Å². The molecule has 0 spiro atoms. The first-order valence-corrected chi connectivity index (χ1v) is 7.57. The van der Waals surface area contributed by atoms with Gasteiger partial charge in [-0.05, 0) is 49.2 Å². The number of pyridine rings is 1. The van der Waals surface area contributed by atoms with Crippen LogP contribution in [0.1, 0.15) is 21.5 Å². The van der Waals surface area contributed by atoms with Gasteiger partial charge in [-0.25, -0.2) is 18.2 Å². The highest BCUT2D eigenvalue weighted by atomic mass is 32.2. The zero-order valence-corrected chi connectivity index (χ0v) is 12.3. The molecule has 0 bridgehead atoms. The van der Waals surface area contributed by atoms with Crippen LogP contribution in [-0.2, 0) is 10.0 Å². The first-order chi connectivity index (χ1) is 9.78. The Bertz CT molecular complexity index is 780. The highest BCUT2D eigenvalue weighted by molar-refractivity contribution is 7.92. The molecule has 1 aromatic heterocycles. The number of carbonyl (C=O) groups is 1. The molecular formula is C14H14N2O4S. The van der Waals surface area contributed by atoms with Crippen LogP contribution < -0.4 is 4.72 Å². The number of nitrogens with one attached hydrogen (secondary N) is 1. The van der Waals surface area contributed by atoms with Crippen molar-refractivity contribution in [3.63, 3.8) is 0 Å². The monoisotopic (exact) mass is 306 g/mol. The van der Waals surface area contributed by atoms with Crippen LogP contribution in [0.4, 0.5) is 5.82 Å². The van der Waals surface area contributed by atoms with Crippen LogP contribution in [0.3, 0.4) is 0 Å². The Morgan fingerprint density at radius 1 is 1.14 bits per heavy atom. The van der Waals surface area contributed by atoms with E-state index in [2.05, 4.69) is 9.71 Å². The van der Waals surface area contributed by atoms with E-state index in [4.69, 9.17) is 5.11 Å². The zero-order chi connectivity index (χ0) is 15.6. The first-order valence-electron chi connectivity index (χ1n) is 6.08. The molecule has 0 saturated carbocycles. The fourth-order valence-corrected chi connectivity index (χ4v) is 3.09. The van der Waals surface area contributed by atoms with Gasteiger partial charge in [-0.2, -0.15) is 0 Å². The fourth-order valence-electron chi connectivity index (χ4n) is 1.90. The zero-order valence-electron chi connectivity index (χ0n) is 11.5. The summed E-state index contributed by atoms with van der Waals surface area (Å²) in [4.78, 5) is 14.8. The quantitative estimate of drug-likeness (QED) is 0.902. The maximum absolute atomic E-state index is 12.3. The maximum Gasteiger partial charge on any atom is 0.335 e. The molecule has 1 heterocycles. The minimum atomic E-state index is -3.81. The SMILES string of the molecule is Cc1cc(C)cc(S(=O)(=O)Nc2cc(C(=O)O)ccn2)c1. The molecule has 110 valence electrons. The summed E-state index contributed by atoms with van der Waals surface area (Å²) in [6.07, 6.45) is 1.24. The molecule has 2 N–H and O–H groups in total. The van der Waals surface area contributed by atoms with Crippen molar-refractivity contribution < 1.29 is 18.3 Å². The third-order valence-corrected chi connectivity index (χ3v) is 4.09. The van der Waals surface area contributed by atoms with E-state index in [0.717, 1.165) is 11.1 Å². The first kappa shape index (κ1) is 15.0. The number of hydrogen-bond acceptors (Lipinski definition) is 4. The van der Waals surface area contributed by atoms with Gasteiger partial charge >= 0.3 is 5.97 Å². The lowest BCUT2D eigenvalue weighted by Crippen LogP contribution is -2.14. The molecular weight excluding hydrogens is 292 g/mol. The van der Waals surface area contributed by atoms with Crippen LogP contribution in [0.2, 0.25) is 0 Å². The van der Waals surface area contributed by atoms with E-state index in [1.54, 1.807) is 13.8 Å². The molecule has 7 heteroatoms. The number of sulfonamides is 1. The Labute approximate surface area is 122 Å². The number of aromatic carboxylic acids is 1. The Balaban J connectivity index is 2.37. The summed E-state index contributed by atoms with van der Waals surface area (Å²) in [5.41, 5.74) is 1.60. The second-order valence-corrected chi connectivity index (χ2v) is 6.35.